The van der Waals surface area contributed by atoms with Gasteiger partial charge in [-0.3, -0.25) is 9.59 Å². The SMILES string of the molecule is O=C1CCCN1Cc1ncn2c1CN(C(=O)c1ccc3[nH]ccc3c1)CCC2. The zero-order valence-electron chi connectivity index (χ0n) is 15.7. The molecule has 0 unspecified atom stereocenters. The molecule has 0 bridgehead atoms. The molecule has 4 heterocycles. The van der Waals surface area contributed by atoms with Crippen LogP contribution in [0.15, 0.2) is 36.8 Å². The minimum Gasteiger partial charge on any atom is -0.361 e. The Balaban J connectivity index is 1.40. The lowest BCUT2D eigenvalue weighted by Gasteiger charge is -2.22. The molecule has 144 valence electrons. The molecule has 7 nitrogen and oxygen atoms in total. The van der Waals surface area contributed by atoms with Crippen LogP contribution < -0.4 is 0 Å². The van der Waals surface area contributed by atoms with Gasteiger partial charge in [0.1, 0.15) is 0 Å². The summed E-state index contributed by atoms with van der Waals surface area (Å²) in [5.74, 6) is 0.240. The van der Waals surface area contributed by atoms with Gasteiger partial charge in [-0.25, -0.2) is 4.98 Å². The summed E-state index contributed by atoms with van der Waals surface area (Å²) in [6, 6.07) is 7.76. The van der Waals surface area contributed by atoms with E-state index in [9.17, 15) is 9.59 Å². The Kier molecular flexibility index (Phi) is 4.15. The van der Waals surface area contributed by atoms with E-state index in [0.29, 0.717) is 31.6 Å². The van der Waals surface area contributed by atoms with Crippen molar-refractivity contribution in [3.63, 3.8) is 0 Å². The summed E-state index contributed by atoms with van der Waals surface area (Å²) in [4.78, 5) is 36.7. The number of hydrogen-bond donors (Lipinski definition) is 1. The summed E-state index contributed by atoms with van der Waals surface area (Å²) in [6.45, 7) is 3.43. The highest BCUT2D eigenvalue weighted by atomic mass is 16.2. The number of carbonyl (C=O) groups is 2. The Morgan fingerprint density at radius 2 is 2.07 bits per heavy atom. The van der Waals surface area contributed by atoms with Crippen LogP contribution in [-0.4, -0.2) is 49.2 Å². The summed E-state index contributed by atoms with van der Waals surface area (Å²) >= 11 is 0. The van der Waals surface area contributed by atoms with Crippen molar-refractivity contribution in [2.45, 2.75) is 38.9 Å². The molecule has 2 amide bonds. The van der Waals surface area contributed by atoms with E-state index < -0.39 is 0 Å². The van der Waals surface area contributed by atoms with Crippen molar-refractivity contribution in [3.05, 3.63) is 53.7 Å². The number of rotatable bonds is 3. The molecule has 0 saturated carbocycles. The second kappa shape index (κ2) is 6.82. The van der Waals surface area contributed by atoms with Crippen molar-refractivity contribution in [2.24, 2.45) is 0 Å². The molecule has 2 aliphatic rings. The van der Waals surface area contributed by atoms with Crippen molar-refractivity contribution in [1.29, 1.82) is 0 Å². The van der Waals surface area contributed by atoms with Crippen LogP contribution >= 0.6 is 0 Å². The molecule has 0 radical (unpaired) electrons. The van der Waals surface area contributed by atoms with Crippen LogP contribution in [0.1, 0.15) is 41.0 Å². The van der Waals surface area contributed by atoms with Crippen molar-refractivity contribution in [1.82, 2.24) is 24.3 Å². The number of aromatic nitrogens is 3. The average molecular weight is 377 g/mol. The van der Waals surface area contributed by atoms with Crippen LogP contribution in [0.3, 0.4) is 0 Å². The highest BCUT2D eigenvalue weighted by Crippen LogP contribution is 2.22. The number of amides is 2. The maximum absolute atomic E-state index is 13.2. The maximum atomic E-state index is 13.2. The number of hydrogen-bond acceptors (Lipinski definition) is 3. The Morgan fingerprint density at radius 3 is 2.93 bits per heavy atom. The van der Waals surface area contributed by atoms with Gasteiger partial charge in [-0.1, -0.05) is 0 Å². The summed E-state index contributed by atoms with van der Waals surface area (Å²) in [5, 5.41) is 1.04. The Morgan fingerprint density at radius 1 is 1.14 bits per heavy atom. The van der Waals surface area contributed by atoms with Crippen LogP contribution in [0.4, 0.5) is 0 Å². The minimum absolute atomic E-state index is 0.0425. The molecule has 1 saturated heterocycles. The summed E-state index contributed by atoms with van der Waals surface area (Å²) in [6.07, 6.45) is 6.17. The van der Waals surface area contributed by atoms with Crippen molar-refractivity contribution < 1.29 is 9.59 Å². The monoisotopic (exact) mass is 377 g/mol. The van der Waals surface area contributed by atoms with E-state index >= 15 is 0 Å². The lowest BCUT2D eigenvalue weighted by molar-refractivity contribution is -0.128. The van der Waals surface area contributed by atoms with Crippen molar-refractivity contribution in [3.8, 4) is 0 Å². The predicted molar refractivity (Wildman–Crippen MR) is 105 cm³/mol. The molecule has 5 rings (SSSR count). The van der Waals surface area contributed by atoms with E-state index in [-0.39, 0.29) is 11.8 Å². The van der Waals surface area contributed by atoms with Gasteiger partial charge in [-0.2, -0.15) is 0 Å². The fourth-order valence-electron chi connectivity index (χ4n) is 4.24. The Labute approximate surface area is 162 Å². The first kappa shape index (κ1) is 17.0. The first-order chi connectivity index (χ1) is 13.7. The Bertz CT molecular complexity index is 1050. The zero-order chi connectivity index (χ0) is 19.1. The molecule has 0 spiro atoms. The number of imidazole rings is 1. The second-order valence-electron chi connectivity index (χ2n) is 7.61. The molecular formula is C21H23N5O2. The van der Waals surface area contributed by atoms with Crippen LogP contribution in [0.5, 0.6) is 0 Å². The number of nitrogens with one attached hydrogen (secondary N) is 1. The van der Waals surface area contributed by atoms with Gasteiger partial charge in [0.25, 0.3) is 5.91 Å². The van der Waals surface area contributed by atoms with E-state index in [2.05, 4.69) is 14.5 Å². The van der Waals surface area contributed by atoms with E-state index in [4.69, 9.17) is 0 Å². The number of carbonyl (C=O) groups excluding carboxylic acids is 2. The third kappa shape index (κ3) is 2.96. The number of benzene rings is 1. The summed E-state index contributed by atoms with van der Waals surface area (Å²) < 4.78 is 2.14. The van der Waals surface area contributed by atoms with E-state index in [0.717, 1.165) is 48.2 Å². The zero-order valence-corrected chi connectivity index (χ0v) is 15.7. The largest absolute Gasteiger partial charge is 0.361 e. The predicted octanol–water partition coefficient (Wildman–Crippen LogP) is 2.53. The molecule has 7 heteroatoms. The number of aryl methyl sites for hydroxylation is 1. The Hall–Kier alpha value is -3.09. The molecule has 0 atom stereocenters. The van der Waals surface area contributed by atoms with E-state index in [1.807, 2.05) is 46.6 Å². The number of nitrogens with zero attached hydrogens (tertiary/aromatic N) is 4. The fourth-order valence-corrected chi connectivity index (χ4v) is 4.24. The van der Waals surface area contributed by atoms with Crippen molar-refractivity contribution in [2.75, 3.05) is 13.1 Å². The van der Waals surface area contributed by atoms with Gasteiger partial charge < -0.3 is 19.4 Å². The van der Waals surface area contributed by atoms with Crippen LogP contribution in [0.25, 0.3) is 10.9 Å². The lowest BCUT2D eigenvalue weighted by atomic mass is 10.1. The lowest BCUT2D eigenvalue weighted by Crippen LogP contribution is -2.31. The number of aromatic amines is 1. The average Bonchev–Trinajstić information content (AvgIpc) is 3.39. The maximum Gasteiger partial charge on any atom is 0.254 e. The summed E-state index contributed by atoms with van der Waals surface area (Å²) in [7, 11) is 0. The van der Waals surface area contributed by atoms with E-state index in [1.54, 1.807) is 0 Å². The van der Waals surface area contributed by atoms with Crippen LogP contribution in [0, 0.1) is 0 Å². The van der Waals surface area contributed by atoms with Gasteiger partial charge in [0.05, 0.1) is 30.8 Å². The molecule has 1 aromatic carbocycles. The van der Waals surface area contributed by atoms with Gasteiger partial charge in [0.15, 0.2) is 0 Å². The minimum atomic E-state index is 0.0425. The molecule has 1 fully saturated rings. The molecule has 0 aliphatic carbocycles. The normalized spacial score (nSPS) is 17.2. The quantitative estimate of drug-likeness (QED) is 0.762. The fraction of sp³-hybridized carbons (Fsp3) is 0.381. The number of H-pyrrole nitrogens is 1. The summed E-state index contributed by atoms with van der Waals surface area (Å²) in [5.41, 5.74) is 3.70. The number of likely N-dealkylation sites (tertiary alicyclic amines) is 1. The molecule has 1 N–H and O–H groups in total. The molecule has 2 aliphatic heterocycles. The van der Waals surface area contributed by atoms with Gasteiger partial charge in [-0.05, 0) is 37.1 Å². The van der Waals surface area contributed by atoms with Gasteiger partial charge in [0.2, 0.25) is 5.91 Å². The van der Waals surface area contributed by atoms with Gasteiger partial charge in [0, 0.05) is 48.7 Å². The third-order valence-corrected chi connectivity index (χ3v) is 5.80. The second-order valence-corrected chi connectivity index (χ2v) is 7.61. The van der Waals surface area contributed by atoms with Crippen molar-refractivity contribution >= 4 is 22.7 Å². The smallest absolute Gasteiger partial charge is 0.254 e. The van der Waals surface area contributed by atoms with Crippen LogP contribution in [-0.2, 0) is 24.4 Å². The highest BCUT2D eigenvalue weighted by molar-refractivity contribution is 5.98. The van der Waals surface area contributed by atoms with Gasteiger partial charge in [-0.15, -0.1) is 0 Å². The molecular weight excluding hydrogens is 354 g/mol. The molecule has 28 heavy (non-hydrogen) atoms. The van der Waals surface area contributed by atoms with Crippen LogP contribution in [0.2, 0.25) is 0 Å². The number of fused-ring (bicyclic) bond motifs is 2. The van der Waals surface area contributed by atoms with E-state index in [1.165, 1.54) is 0 Å². The first-order valence-electron chi connectivity index (χ1n) is 9.86. The standard InChI is InChI=1S/C21H23N5O2/c27-20-3-1-8-24(20)12-18-19-13-25(9-2-10-26(19)14-23-18)21(28)16-4-5-17-15(11-16)6-7-22-17/h4-7,11,14,22H,1-3,8-10,12-13H2. The molecule has 2 aromatic heterocycles. The first-order valence-corrected chi connectivity index (χ1v) is 9.86. The molecule has 3 aromatic rings. The topological polar surface area (TPSA) is 74.2 Å². The highest BCUT2D eigenvalue weighted by Gasteiger charge is 2.26. The third-order valence-electron chi connectivity index (χ3n) is 5.80. The van der Waals surface area contributed by atoms with Gasteiger partial charge >= 0.3 is 0 Å².